The predicted octanol–water partition coefficient (Wildman–Crippen LogP) is 1.96. The molecule has 2 aliphatic heterocycles. The standard InChI is InChI=1S/C9H16F2N2.C2H6/c1-7(2)13-5-8(3-12-4-8)9(10,11)6-13;1-2/h7,12H,3-6H2,1-2H3;1-2H3. The maximum absolute atomic E-state index is 13.6. The van der Waals surface area contributed by atoms with Gasteiger partial charge >= 0.3 is 0 Å². The van der Waals surface area contributed by atoms with E-state index in [1.807, 2.05) is 32.6 Å². The van der Waals surface area contributed by atoms with Crippen LogP contribution >= 0.6 is 0 Å². The van der Waals surface area contributed by atoms with Gasteiger partial charge in [0.05, 0.1) is 12.0 Å². The molecule has 2 nitrogen and oxygen atoms in total. The van der Waals surface area contributed by atoms with Gasteiger partial charge in [0.2, 0.25) is 0 Å². The minimum absolute atomic E-state index is 0.0631. The van der Waals surface area contributed by atoms with Gasteiger partial charge in [-0.2, -0.15) is 0 Å². The molecule has 0 aromatic heterocycles. The Hall–Kier alpha value is -0.220. The molecule has 2 saturated heterocycles. The van der Waals surface area contributed by atoms with Crippen LogP contribution in [0.5, 0.6) is 0 Å². The molecule has 0 atom stereocenters. The summed E-state index contributed by atoms with van der Waals surface area (Å²) in [5, 5.41) is 2.95. The average Bonchev–Trinajstić information content (AvgIpc) is 2.40. The molecule has 2 aliphatic rings. The molecular formula is C11H22F2N2. The Bertz CT molecular complexity index is 213. The number of likely N-dealkylation sites (tertiary alicyclic amines) is 1. The van der Waals surface area contributed by atoms with Crippen LogP contribution in [0.25, 0.3) is 0 Å². The normalized spacial score (nSPS) is 27.4. The molecule has 0 bridgehead atoms. The molecule has 0 amide bonds. The fourth-order valence-electron chi connectivity index (χ4n) is 2.15. The molecule has 15 heavy (non-hydrogen) atoms. The summed E-state index contributed by atoms with van der Waals surface area (Å²) in [5.41, 5.74) is -0.753. The molecule has 0 aromatic carbocycles. The van der Waals surface area contributed by atoms with Crippen molar-refractivity contribution >= 4 is 0 Å². The lowest BCUT2D eigenvalue weighted by Gasteiger charge is -2.42. The summed E-state index contributed by atoms with van der Waals surface area (Å²) in [6, 6.07) is 0.228. The lowest BCUT2D eigenvalue weighted by atomic mass is 9.78. The van der Waals surface area contributed by atoms with E-state index in [1.165, 1.54) is 0 Å². The number of halogens is 2. The molecule has 90 valence electrons. The zero-order valence-electron chi connectivity index (χ0n) is 10.1. The number of nitrogens with zero attached hydrogens (tertiary/aromatic N) is 1. The highest BCUT2D eigenvalue weighted by atomic mass is 19.3. The van der Waals surface area contributed by atoms with E-state index in [0.717, 1.165) is 0 Å². The third kappa shape index (κ3) is 2.02. The quantitative estimate of drug-likeness (QED) is 0.726. The van der Waals surface area contributed by atoms with Crippen molar-refractivity contribution in [3.8, 4) is 0 Å². The van der Waals surface area contributed by atoms with E-state index in [-0.39, 0.29) is 12.6 Å². The number of alkyl halides is 2. The zero-order chi connectivity index (χ0) is 11.7. The second kappa shape index (κ2) is 4.34. The van der Waals surface area contributed by atoms with Crippen LogP contribution in [0, 0.1) is 5.41 Å². The number of hydrogen-bond acceptors (Lipinski definition) is 2. The van der Waals surface area contributed by atoms with Gasteiger partial charge in [-0.3, -0.25) is 4.90 Å². The van der Waals surface area contributed by atoms with Gasteiger partial charge in [0, 0.05) is 25.7 Å². The Kier molecular flexibility index (Phi) is 3.71. The summed E-state index contributed by atoms with van der Waals surface area (Å²) in [6.45, 7) is 9.38. The van der Waals surface area contributed by atoms with Gasteiger partial charge in [0.1, 0.15) is 0 Å². The van der Waals surface area contributed by atoms with Crippen molar-refractivity contribution in [3.05, 3.63) is 0 Å². The average molecular weight is 220 g/mol. The molecule has 0 radical (unpaired) electrons. The summed E-state index contributed by atoms with van der Waals surface area (Å²) in [4.78, 5) is 1.88. The number of hydrogen-bond donors (Lipinski definition) is 1. The van der Waals surface area contributed by atoms with Crippen molar-refractivity contribution in [2.24, 2.45) is 5.41 Å². The third-order valence-corrected chi connectivity index (χ3v) is 3.34. The summed E-state index contributed by atoms with van der Waals surface area (Å²) in [6.07, 6.45) is 0. The Labute approximate surface area is 91.0 Å². The first kappa shape index (κ1) is 12.8. The topological polar surface area (TPSA) is 15.3 Å². The molecule has 1 spiro atoms. The molecule has 2 heterocycles. The lowest BCUT2D eigenvalue weighted by molar-refractivity contribution is -0.108. The van der Waals surface area contributed by atoms with Crippen LogP contribution in [-0.2, 0) is 0 Å². The minimum atomic E-state index is -2.50. The SMILES string of the molecule is CC.CC(C)N1CC(F)(F)C2(CNC2)C1. The maximum Gasteiger partial charge on any atom is 0.269 e. The van der Waals surface area contributed by atoms with Crippen LogP contribution in [0.3, 0.4) is 0 Å². The van der Waals surface area contributed by atoms with E-state index < -0.39 is 11.3 Å². The van der Waals surface area contributed by atoms with Gasteiger partial charge in [-0.1, -0.05) is 13.8 Å². The van der Waals surface area contributed by atoms with E-state index in [2.05, 4.69) is 5.32 Å². The van der Waals surface area contributed by atoms with Crippen molar-refractivity contribution in [1.82, 2.24) is 10.2 Å². The molecule has 4 heteroatoms. The molecule has 2 rings (SSSR count). The fraction of sp³-hybridized carbons (Fsp3) is 1.00. The van der Waals surface area contributed by atoms with Crippen LogP contribution < -0.4 is 5.32 Å². The minimum Gasteiger partial charge on any atom is -0.315 e. The summed E-state index contributed by atoms with van der Waals surface area (Å²) in [7, 11) is 0. The molecule has 2 fully saturated rings. The van der Waals surface area contributed by atoms with Gasteiger partial charge in [-0.15, -0.1) is 0 Å². The number of rotatable bonds is 1. The zero-order valence-corrected chi connectivity index (χ0v) is 10.1. The van der Waals surface area contributed by atoms with Gasteiger partial charge in [-0.05, 0) is 13.8 Å². The van der Waals surface area contributed by atoms with Crippen LogP contribution in [0.4, 0.5) is 8.78 Å². The van der Waals surface area contributed by atoms with Gasteiger partial charge in [0.15, 0.2) is 0 Å². The second-order valence-corrected chi connectivity index (χ2v) is 4.59. The van der Waals surface area contributed by atoms with Crippen LogP contribution in [0.15, 0.2) is 0 Å². The third-order valence-electron chi connectivity index (χ3n) is 3.34. The molecule has 0 aromatic rings. The van der Waals surface area contributed by atoms with Crippen LogP contribution in [0.2, 0.25) is 0 Å². The van der Waals surface area contributed by atoms with Crippen molar-refractivity contribution in [1.29, 1.82) is 0 Å². The number of nitrogens with one attached hydrogen (secondary N) is 1. The first-order valence-corrected chi connectivity index (χ1v) is 5.79. The monoisotopic (exact) mass is 220 g/mol. The smallest absolute Gasteiger partial charge is 0.269 e. The molecule has 0 unspecified atom stereocenters. The molecule has 0 aliphatic carbocycles. The second-order valence-electron chi connectivity index (χ2n) is 4.59. The van der Waals surface area contributed by atoms with Crippen molar-refractivity contribution in [3.63, 3.8) is 0 Å². The summed E-state index contributed by atoms with van der Waals surface area (Å²) < 4.78 is 27.1. The first-order chi connectivity index (χ1) is 6.97. The summed E-state index contributed by atoms with van der Waals surface area (Å²) in [5.74, 6) is -2.50. The largest absolute Gasteiger partial charge is 0.315 e. The van der Waals surface area contributed by atoms with E-state index in [4.69, 9.17) is 0 Å². The van der Waals surface area contributed by atoms with Crippen molar-refractivity contribution < 1.29 is 8.78 Å². The van der Waals surface area contributed by atoms with Gasteiger partial charge in [0.25, 0.3) is 5.92 Å². The first-order valence-electron chi connectivity index (χ1n) is 5.79. The molecule has 0 saturated carbocycles. The fourth-order valence-corrected chi connectivity index (χ4v) is 2.15. The highest BCUT2D eigenvalue weighted by Crippen LogP contribution is 2.46. The van der Waals surface area contributed by atoms with Gasteiger partial charge < -0.3 is 5.32 Å². The van der Waals surface area contributed by atoms with E-state index in [1.54, 1.807) is 0 Å². The van der Waals surface area contributed by atoms with E-state index in [9.17, 15) is 8.78 Å². The Morgan fingerprint density at radius 2 is 1.67 bits per heavy atom. The van der Waals surface area contributed by atoms with Crippen molar-refractivity contribution in [2.75, 3.05) is 26.2 Å². The highest BCUT2D eigenvalue weighted by molar-refractivity contribution is 5.10. The Balaban J connectivity index is 0.000000531. The lowest BCUT2D eigenvalue weighted by Crippen LogP contribution is -2.62. The molecular weight excluding hydrogens is 198 g/mol. The molecule has 1 N–H and O–H groups in total. The highest BCUT2D eigenvalue weighted by Gasteiger charge is 2.63. The van der Waals surface area contributed by atoms with Gasteiger partial charge in [-0.25, -0.2) is 8.78 Å². The summed E-state index contributed by atoms with van der Waals surface area (Å²) >= 11 is 0. The van der Waals surface area contributed by atoms with Crippen LogP contribution in [-0.4, -0.2) is 43.0 Å². The van der Waals surface area contributed by atoms with E-state index in [0.29, 0.717) is 19.6 Å². The Morgan fingerprint density at radius 1 is 1.13 bits per heavy atom. The van der Waals surface area contributed by atoms with E-state index >= 15 is 0 Å². The van der Waals surface area contributed by atoms with Crippen LogP contribution in [0.1, 0.15) is 27.7 Å². The Morgan fingerprint density at radius 3 is 1.87 bits per heavy atom. The predicted molar refractivity (Wildman–Crippen MR) is 58.3 cm³/mol. The van der Waals surface area contributed by atoms with Crippen molar-refractivity contribution in [2.45, 2.75) is 39.7 Å². The maximum atomic E-state index is 13.6.